The number of pyridine rings is 1. The van der Waals surface area contributed by atoms with Gasteiger partial charge in [0.1, 0.15) is 0 Å². The summed E-state index contributed by atoms with van der Waals surface area (Å²) in [7, 11) is 2.27. The Hall–Kier alpha value is -2.45. The van der Waals surface area contributed by atoms with Gasteiger partial charge in [0.05, 0.1) is 5.69 Å². The molecule has 0 unspecified atom stereocenters. The van der Waals surface area contributed by atoms with Gasteiger partial charge < -0.3 is 0 Å². The average Bonchev–Trinajstić information content (AvgIpc) is 2.79. The molecule has 4 rings (SSSR count). The van der Waals surface area contributed by atoms with E-state index >= 15 is 0 Å². The summed E-state index contributed by atoms with van der Waals surface area (Å²) < 4.78 is 0. The van der Waals surface area contributed by atoms with Crippen molar-refractivity contribution in [3.8, 4) is 11.3 Å². The summed E-state index contributed by atoms with van der Waals surface area (Å²) in [5.74, 6) is 0. The average molecular weight is 399 g/mol. The van der Waals surface area contributed by atoms with Gasteiger partial charge in [-0.2, -0.15) is 0 Å². The number of fused-ring (bicyclic) bond motifs is 1. The van der Waals surface area contributed by atoms with E-state index in [4.69, 9.17) is 4.98 Å². The molecule has 1 aliphatic carbocycles. The predicted octanol–water partition coefficient (Wildman–Crippen LogP) is 6.69. The van der Waals surface area contributed by atoms with Gasteiger partial charge in [-0.25, -0.2) is 0 Å². The molecule has 1 aliphatic rings. The van der Waals surface area contributed by atoms with E-state index in [1.54, 1.807) is 0 Å². The summed E-state index contributed by atoms with van der Waals surface area (Å²) in [5.41, 5.74) is 10.8. The zero-order valence-corrected chi connectivity index (χ0v) is 18.9. The fourth-order valence-electron chi connectivity index (χ4n) is 5.03. The van der Waals surface area contributed by atoms with E-state index in [9.17, 15) is 0 Å². The highest BCUT2D eigenvalue weighted by molar-refractivity contribution is 5.68. The minimum atomic E-state index is 0.501. The van der Waals surface area contributed by atoms with E-state index < -0.39 is 0 Å². The number of nitrogens with zero attached hydrogens (tertiary/aromatic N) is 2. The molecule has 3 aromatic rings. The smallest absolute Gasteiger partial charge is 0.0710 e. The molecule has 156 valence electrons. The Balaban J connectivity index is 1.60. The lowest BCUT2D eigenvalue weighted by molar-refractivity contribution is 0.212. The number of aromatic nitrogens is 1. The van der Waals surface area contributed by atoms with Gasteiger partial charge in [-0.1, -0.05) is 62.4 Å². The van der Waals surface area contributed by atoms with Crippen molar-refractivity contribution in [1.82, 2.24) is 9.88 Å². The summed E-state index contributed by atoms with van der Waals surface area (Å²) in [6, 6.07) is 20.7. The maximum absolute atomic E-state index is 5.08. The Morgan fingerprint density at radius 3 is 2.33 bits per heavy atom. The van der Waals surface area contributed by atoms with Crippen LogP contribution in [-0.2, 0) is 25.8 Å². The third-order valence-corrected chi connectivity index (χ3v) is 6.74. The lowest BCUT2D eigenvalue weighted by Crippen LogP contribution is -2.27. The highest BCUT2D eigenvalue weighted by atomic mass is 15.1. The molecule has 0 saturated carbocycles. The number of rotatable bonds is 6. The van der Waals surface area contributed by atoms with Crippen LogP contribution in [0.5, 0.6) is 0 Å². The third kappa shape index (κ3) is 4.06. The van der Waals surface area contributed by atoms with Crippen LogP contribution in [0, 0.1) is 6.92 Å². The molecule has 0 amide bonds. The Morgan fingerprint density at radius 1 is 0.900 bits per heavy atom. The van der Waals surface area contributed by atoms with Crippen molar-refractivity contribution in [3.05, 3.63) is 88.1 Å². The Morgan fingerprint density at radius 2 is 1.63 bits per heavy atom. The van der Waals surface area contributed by atoms with Gasteiger partial charge in [0.25, 0.3) is 0 Å². The Kier molecular flexibility index (Phi) is 6.34. The molecule has 2 heteroatoms. The molecule has 0 N–H and O–H groups in total. The maximum Gasteiger partial charge on any atom is 0.0710 e. The molecule has 0 aliphatic heterocycles. The topological polar surface area (TPSA) is 16.1 Å². The van der Waals surface area contributed by atoms with Crippen molar-refractivity contribution in [2.75, 3.05) is 7.05 Å². The second-order valence-electron chi connectivity index (χ2n) is 8.62. The summed E-state index contributed by atoms with van der Waals surface area (Å²) in [6.07, 6.45) is 5.80. The minimum Gasteiger partial charge on any atom is -0.295 e. The van der Waals surface area contributed by atoms with Crippen molar-refractivity contribution in [3.63, 3.8) is 0 Å². The molecule has 30 heavy (non-hydrogen) atoms. The number of benzene rings is 2. The lowest BCUT2D eigenvalue weighted by atomic mass is 9.87. The van der Waals surface area contributed by atoms with Crippen molar-refractivity contribution in [2.45, 2.75) is 65.5 Å². The molecular weight excluding hydrogens is 364 g/mol. The van der Waals surface area contributed by atoms with Gasteiger partial charge >= 0.3 is 0 Å². The SMILES string of the molecule is CCc1cccc(CC)c1-c1ccc(CN(C)[C@H]2CCCc3ccccc32)c(C)n1. The van der Waals surface area contributed by atoms with Crippen LogP contribution >= 0.6 is 0 Å². The summed E-state index contributed by atoms with van der Waals surface area (Å²) in [4.78, 5) is 7.59. The van der Waals surface area contributed by atoms with Gasteiger partial charge in [0.2, 0.25) is 0 Å². The van der Waals surface area contributed by atoms with E-state index in [0.29, 0.717) is 6.04 Å². The first kappa shape index (κ1) is 20.8. The zero-order chi connectivity index (χ0) is 21.1. The molecule has 0 fully saturated rings. The van der Waals surface area contributed by atoms with Crippen molar-refractivity contribution < 1.29 is 0 Å². The standard InChI is InChI=1S/C28H34N2/c1-5-21-12-9-13-22(6-2)28(21)26-18-17-24(20(3)29-26)19-30(4)27-16-10-14-23-11-7-8-15-25(23)27/h7-9,11-13,15,17-18,27H,5-6,10,14,16,19H2,1-4H3/t27-/m0/s1. The molecule has 0 radical (unpaired) electrons. The van der Waals surface area contributed by atoms with Crippen molar-refractivity contribution in [1.29, 1.82) is 0 Å². The van der Waals surface area contributed by atoms with E-state index in [1.165, 1.54) is 52.6 Å². The van der Waals surface area contributed by atoms with Crippen molar-refractivity contribution >= 4 is 0 Å². The van der Waals surface area contributed by atoms with Gasteiger partial charge in [-0.15, -0.1) is 0 Å². The first-order valence-electron chi connectivity index (χ1n) is 11.5. The van der Waals surface area contributed by atoms with Crippen LogP contribution in [0.2, 0.25) is 0 Å². The molecule has 1 aromatic heterocycles. The number of hydrogen-bond acceptors (Lipinski definition) is 2. The molecule has 2 nitrogen and oxygen atoms in total. The van der Waals surface area contributed by atoms with Crippen LogP contribution in [-0.4, -0.2) is 16.9 Å². The molecule has 0 bridgehead atoms. The second kappa shape index (κ2) is 9.14. The molecule has 1 atom stereocenters. The second-order valence-corrected chi connectivity index (χ2v) is 8.62. The number of aryl methyl sites for hydroxylation is 4. The predicted molar refractivity (Wildman–Crippen MR) is 127 cm³/mol. The largest absolute Gasteiger partial charge is 0.295 e. The lowest BCUT2D eigenvalue weighted by Gasteiger charge is -2.33. The van der Waals surface area contributed by atoms with Crippen LogP contribution in [0.25, 0.3) is 11.3 Å². The molecule has 0 saturated heterocycles. The van der Waals surface area contributed by atoms with E-state index in [1.807, 2.05) is 0 Å². The van der Waals surface area contributed by atoms with Crippen molar-refractivity contribution in [2.24, 2.45) is 0 Å². The van der Waals surface area contributed by atoms with E-state index in [0.717, 1.165) is 30.8 Å². The molecule has 2 aromatic carbocycles. The maximum atomic E-state index is 5.08. The number of hydrogen-bond donors (Lipinski definition) is 0. The molecule has 0 spiro atoms. The Labute approximate surface area is 182 Å². The van der Waals surface area contributed by atoms with Crippen LogP contribution in [0.4, 0.5) is 0 Å². The summed E-state index contributed by atoms with van der Waals surface area (Å²) in [6.45, 7) is 7.57. The minimum absolute atomic E-state index is 0.501. The first-order chi connectivity index (χ1) is 14.6. The quantitative estimate of drug-likeness (QED) is 0.460. The van der Waals surface area contributed by atoms with Crippen LogP contribution in [0.15, 0.2) is 54.6 Å². The summed E-state index contributed by atoms with van der Waals surface area (Å²) in [5, 5.41) is 0. The monoisotopic (exact) mass is 398 g/mol. The van der Waals surface area contributed by atoms with Gasteiger partial charge in [-0.3, -0.25) is 9.88 Å². The van der Waals surface area contributed by atoms with Gasteiger partial charge in [-0.05, 0) is 80.0 Å². The van der Waals surface area contributed by atoms with Crippen LogP contribution in [0.1, 0.15) is 66.2 Å². The highest BCUT2D eigenvalue weighted by Crippen LogP contribution is 2.35. The Bertz CT molecular complexity index is 999. The van der Waals surface area contributed by atoms with Crippen LogP contribution < -0.4 is 0 Å². The fourth-order valence-corrected chi connectivity index (χ4v) is 5.03. The fraction of sp³-hybridized carbons (Fsp3) is 0.393. The van der Waals surface area contributed by atoms with E-state index in [-0.39, 0.29) is 0 Å². The zero-order valence-electron chi connectivity index (χ0n) is 18.9. The highest BCUT2D eigenvalue weighted by Gasteiger charge is 2.24. The van der Waals surface area contributed by atoms with Gasteiger partial charge in [0.15, 0.2) is 0 Å². The molecular formula is C28H34N2. The van der Waals surface area contributed by atoms with Crippen LogP contribution in [0.3, 0.4) is 0 Å². The third-order valence-electron chi connectivity index (χ3n) is 6.74. The van der Waals surface area contributed by atoms with Gasteiger partial charge in [0, 0.05) is 23.8 Å². The molecule has 1 heterocycles. The van der Waals surface area contributed by atoms with E-state index in [2.05, 4.69) is 87.3 Å². The summed E-state index contributed by atoms with van der Waals surface area (Å²) >= 11 is 0. The first-order valence-corrected chi connectivity index (χ1v) is 11.5. The normalized spacial score (nSPS) is 16.0.